The first-order chi connectivity index (χ1) is 14.4. The summed E-state index contributed by atoms with van der Waals surface area (Å²) in [5.74, 6) is 0.200. The molecule has 7 heteroatoms. The third kappa shape index (κ3) is 3.87. The van der Waals surface area contributed by atoms with Gasteiger partial charge in [0.15, 0.2) is 0 Å². The van der Waals surface area contributed by atoms with Crippen LogP contribution < -0.4 is 10.2 Å². The second-order valence-electron chi connectivity index (χ2n) is 7.38. The van der Waals surface area contributed by atoms with Crippen molar-refractivity contribution in [2.75, 3.05) is 24.3 Å². The van der Waals surface area contributed by atoms with Crippen molar-refractivity contribution in [3.63, 3.8) is 0 Å². The number of amides is 1. The molecule has 3 heterocycles. The maximum Gasteiger partial charge on any atom is 0.272 e. The SMILES string of the molecule is Cc1cc(N(C)C)ncc1NC(=O)c1cc2cc(F)ccc2n1Cc1ccncc1. The molecule has 0 spiro atoms. The lowest BCUT2D eigenvalue weighted by atomic mass is 10.2. The van der Waals surface area contributed by atoms with Crippen molar-refractivity contribution in [1.82, 2.24) is 14.5 Å². The van der Waals surface area contributed by atoms with Gasteiger partial charge in [-0.15, -0.1) is 0 Å². The number of hydrogen-bond acceptors (Lipinski definition) is 4. The summed E-state index contributed by atoms with van der Waals surface area (Å²) in [4.78, 5) is 23.5. The van der Waals surface area contributed by atoms with Crippen molar-refractivity contribution in [3.05, 3.63) is 83.7 Å². The fourth-order valence-corrected chi connectivity index (χ4v) is 3.37. The second-order valence-corrected chi connectivity index (χ2v) is 7.38. The summed E-state index contributed by atoms with van der Waals surface area (Å²) in [6.07, 6.45) is 5.07. The molecule has 3 aromatic heterocycles. The van der Waals surface area contributed by atoms with Crippen molar-refractivity contribution in [2.45, 2.75) is 13.5 Å². The number of carbonyl (C=O) groups excluding carboxylic acids is 1. The van der Waals surface area contributed by atoms with E-state index in [1.165, 1.54) is 12.1 Å². The van der Waals surface area contributed by atoms with E-state index in [0.29, 0.717) is 23.3 Å². The zero-order valence-electron chi connectivity index (χ0n) is 17.1. The van der Waals surface area contributed by atoms with Crippen LogP contribution in [0.25, 0.3) is 10.9 Å². The van der Waals surface area contributed by atoms with Gasteiger partial charge in [0.2, 0.25) is 0 Å². The molecule has 0 aliphatic rings. The topological polar surface area (TPSA) is 63.1 Å². The smallest absolute Gasteiger partial charge is 0.272 e. The Balaban J connectivity index is 1.72. The van der Waals surface area contributed by atoms with Gasteiger partial charge in [-0.25, -0.2) is 9.37 Å². The Morgan fingerprint density at radius 1 is 1.13 bits per heavy atom. The van der Waals surface area contributed by atoms with Gasteiger partial charge in [-0.1, -0.05) is 0 Å². The quantitative estimate of drug-likeness (QED) is 0.541. The van der Waals surface area contributed by atoms with Crippen molar-refractivity contribution in [2.24, 2.45) is 0 Å². The first-order valence-electron chi connectivity index (χ1n) is 9.55. The zero-order valence-corrected chi connectivity index (χ0v) is 17.1. The summed E-state index contributed by atoms with van der Waals surface area (Å²) in [7, 11) is 3.83. The summed E-state index contributed by atoms with van der Waals surface area (Å²) in [5.41, 5.74) is 3.77. The van der Waals surface area contributed by atoms with Crippen LogP contribution in [0.3, 0.4) is 0 Å². The summed E-state index contributed by atoms with van der Waals surface area (Å²) in [6.45, 7) is 2.39. The van der Waals surface area contributed by atoms with Crippen LogP contribution in [0.2, 0.25) is 0 Å². The fourth-order valence-electron chi connectivity index (χ4n) is 3.37. The Hall–Kier alpha value is -3.74. The minimum absolute atomic E-state index is 0.275. The van der Waals surface area contributed by atoms with E-state index in [1.807, 2.05) is 48.7 Å². The molecule has 0 saturated heterocycles. The van der Waals surface area contributed by atoms with Gasteiger partial charge >= 0.3 is 0 Å². The van der Waals surface area contributed by atoms with Crippen LogP contribution in [0, 0.1) is 12.7 Å². The molecule has 0 atom stereocenters. The van der Waals surface area contributed by atoms with E-state index < -0.39 is 0 Å². The molecule has 30 heavy (non-hydrogen) atoms. The first-order valence-corrected chi connectivity index (χ1v) is 9.55. The van der Waals surface area contributed by atoms with Gasteiger partial charge in [0.25, 0.3) is 5.91 Å². The number of aryl methyl sites for hydroxylation is 1. The van der Waals surface area contributed by atoms with Crippen LogP contribution in [0.15, 0.2) is 61.1 Å². The van der Waals surface area contributed by atoms with E-state index in [2.05, 4.69) is 15.3 Å². The number of aromatic nitrogens is 3. The molecule has 4 aromatic rings. The van der Waals surface area contributed by atoms with Crippen molar-refractivity contribution in [1.29, 1.82) is 0 Å². The number of nitrogens with zero attached hydrogens (tertiary/aromatic N) is 4. The molecule has 0 saturated carbocycles. The molecule has 0 aliphatic heterocycles. The molecule has 1 N–H and O–H groups in total. The molecule has 0 aliphatic carbocycles. The number of fused-ring (bicyclic) bond motifs is 1. The van der Waals surface area contributed by atoms with Crippen LogP contribution >= 0.6 is 0 Å². The summed E-state index contributed by atoms with van der Waals surface area (Å²) < 4.78 is 15.7. The molecule has 1 amide bonds. The predicted octanol–water partition coefficient (Wildman–Crippen LogP) is 4.25. The van der Waals surface area contributed by atoms with E-state index in [-0.39, 0.29) is 11.7 Å². The third-order valence-electron chi connectivity index (χ3n) is 4.99. The molecule has 0 fully saturated rings. The fraction of sp³-hybridized carbons (Fsp3) is 0.174. The number of benzene rings is 1. The minimum Gasteiger partial charge on any atom is -0.363 e. The molecule has 152 valence electrons. The van der Waals surface area contributed by atoms with E-state index in [0.717, 1.165) is 22.5 Å². The number of halogens is 1. The second kappa shape index (κ2) is 7.94. The van der Waals surface area contributed by atoms with Gasteiger partial charge in [-0.2, -0.15) is 0 Å². The summed E-state index contributed by atoms with van der Waals surface area (Å²) in [5, 5.41) is 3.62. The number of anilines is 2. The highest BCUT2D eigenvalue weighted by molar-refractivity contribution is 6.06. The van der Waals surface area contributed by atoms with E-state index >= 15 is 0 Å². The molecule has 0 bridgehead atoms. The highest BCUT2D eigenvalue weighted by atomic mass is 19.1. The Bertz CT molecular complexity index is 1220. The van der Waals surface area contributed by atoms with Gasteiger partial charge in [-0.3, -0.25) is 9.78 Å². The van der Waals surface area contributed by atoms with Gasteiger partial charge in [-0.05, 0) is 60.5 Å². The van der Waals surface area contributed by atoms with Gasteiger partial charge in [0.05, 0.1) is 11.9 Å². The average Bonchev–Trinajstić information content (AvgIpc) is 3.07. The maximum atomic E-state index is 13.8. The minimum atomic E-state index is -0.338. The lowest BCUT2D eigenvalue weighted by Gasteiger charge is -2.15. The standard InChI is InChI=1S/C23H22FN5O/c1-15-10-22(28(2)3)26-13-19(15)27-23(30)21-12-17-11-18(24)4-5-20(17)29(21)14-16-6-8-25-9-7-16/h4-13H,14H2,1-3H3,(H,27,30). The molecule has 0 unspecified atom stereocenters. The highest BCUT2D eigenvalue weighted by Crippen LogP contribution is 2.25. The maximum absolute atomic E-state index is 13.8. The van der Waals surface area contributed by atoms with Crippen LogP contribution in [-0.4, -0.2) is 34.5 Å². The van der Waals surface area contributed by atoms with Crippen LogP contribution in [0.4, 0.5) is 15.9 Å². The largest absolute Gasteiger partial charge is 0.363 e. The zero-order chi connectivity index (χ0) is 21.3. The molecule has 0 radical (unpaired) electrons. The van der Waals surface area contributed by atoms with Crippen LogP contribution in [-0.2, 0) is 6.54 Å². The molecule has 4 rings (SSSR count). The van der Waals surface area contributed by atoms with Crippen LogP contribution in [0.1, 0.15) is 21.6 Å². The normalized spacial score (nSPS) is 10.9. The Morgan fingerprint density at radius 3 is 2.60 bits per heavy atom. The number of rotatable bonds is 5. The van der Waals surface area contributed by atoms with Crippen LogP contribution in [0.5, 0.6) is 0 Å². The molecular formula is C23H22FN5O. The predicted molar refractivity (Wildman–Crippen MR) is 116 cm³/mol. The van der Waals surface area contributed by atoms with Crippen molar-refractivity contribution in [3.8, 4) is 0 Å². The average molecular weight is 403 g/mol. The van der Waals surface area contributed by atoms with E-state index in [9.17, 15) is 9.18 Å². The Kier molecular flexibility index (Phi) is 5.18. The van der Waals surface area contributed by atoms with Crippen molar-refractivity contribution >= 4 is 28.3 Å². The lowest BCUT2D eigenvalue weighted by Crippen LogP contribution is -2.19. The van der Waals surface area contributed by atoms with E-state index in [4.69, 9.17) is 0 Å². The Morgan fingerprint density at radius 2 is 1.90 bits per heavy atom. The summed E-state index contributed by atoms with van der Waals surface area (Å²) >= 11 is 0. The van der Waals surface area contributed by atoms with Gasteiger partial charge < -0.3 is 14.8 Å². The molecule has 1 aromatic carbocycles. The monoisotopic (exact) mass is 403 g/mol. The first kappa shape index (κ1) is 19.6. The lowest BCUT2D eigenvalue weighted by molar-refractivity contribution is 0.101. The van der Waals surface area contributed by atoms with E-state index in [1.54, 1.807) is 30.7 Å². The number of pyridine rings is 2. The highest BCUT2D eigenvalue weighted by Gasteiger charge is 2.18. The summed E-state index contributed by atoms with van der Waals surface area (Å²) in [6, 6.07) is 12.0. The molecule has 6 nitrogen and oxygen atoms in total. The van der Waals surface area contributed by atoms with Gasteiger partial charge in [0.1, 0.15) is 17.3 Å². The van der Waals surface area contributed by atoms with Crippen molar-refractivity contribution < 1.29 is 9.18 Å². The number of hydrogen-bond donors (Lipinski definition) is 1. The molecular weight excluding hydrogens is 381 g/mol. The number of nitrogens with one attached hydrogen (secondary N) is 1. The van der Waals surface area contributed by atoms with Gasteiger partial charge in [0, 0.05) is 43.9 Å². The third-order valence-corrected chi connectivity index (χ3v) is 4.99. The number of carbonyl (C=O) groups is 1. The Labute approximate surface area is 174 Å².